The largest absolute Gasteiger partial charge is 0.377 e. The number of morpholine rings is 1. The lowest BCUT2D eigenvalue weighted by Gasteiger charge is -2.37. The standard InChI is InChI=1S/C15H28N2O2/c1-11(2)8-13-10-19-7-6-17(13)15(18)9-12-4-3-5-14(12)16/h11-14H,3-10,16H2,1-2H3/t12-,13?,14+/m0/s1. The molecule has 4 heteroatoms. The number of nitrogens with zero attached hydrogens (tertiary/aromatic N) is 1. The van der Waals surface area contributed by atoms with E-state index in [2.05, 4.69) is 18.7 Å². The minimum atomic E-state index is 0.230. The van der Waals surface area contributed by atoms with E-state index in [1.165, 1.54) is 6.42 Å². The fourth-order valence-corrected chi connectivity index (χ4v) is 3.38. The van der Waals surface area contributed by atoms with Gasteiger partial charge in [-0.1, -0.05) is 20.3 Å². The van der Waals surface area contributed by atoms with Gasteiger partial charge in [-0.25, -0.2) is 0 Å². The number of rotatable bonds is 4. The normalized spacial score (nSPS) is 32.0. The first-order valence-corrected chi connectivity index (χ1v) is 7.70. The molecule has 0 spiro atoms. The minimum absolute atomic E-state index is 0.230. The van der Waals surface area contributed by atoms with Gasteiger partial charge in [0.1, 0.15) is 0 Å². The molecule has 4 nitrogen and oxygen atoms in total. The first-order valence-electron chi connectivity index (χ1n) is 7.70. The molecule has 19 heavy (non-hydrogen) atoms. The van der Waals surface area contributed by atoms with E-state index in [-0.39, 0.29) is 18.0 Å². The van der Waals surface area contributed by atoms with Gasteiger partial charge in [0, 0.05) is 19.0 Å². The second kappa shape index (κ2) is 6.71. The van der Waals surface area contributed by atoms with Gasteiger partial charge in [0.2, 0.25) is 5.91 Å². The van der Waals surface area contributed by atoms with Crippen molar-refractivity contribution in [2.24, 2.45) is 17.6 Å². The molecule has 3 atom stereocenters. The predicted octanol–water partition coefficient (Wildman–Crippen LogP) is 1.78. The van der Waals surface area contributed by atoms with Crippen molar-refractivity contribution in [3.63, 3.8) is 0 Å². The smallest absolute Gasteiger partial charge is 0.223 e. The van der Waals surface area contributed by atoms with Crippen molar-refractivity contribution in [3.8, 4) is 0 Å². The maximum absolute atomic E-state index is 12.5. The van der Waals surface area contributed by atoms with Crippen LogP contribution in [0.3, 0.4) is 0 Å². The van der Waals surface area contributed by atoms with Gasteiger partial charge in [0.25, 0.3) is 0 Å². The Morgan fingerprint density at radius 1 is 1.42 bits per heavy atom. The first kappa shape index (κ1) is 14.8. The van der Waals surface area contributed by atoms with Crippen molar-refractivity contribution in [1.29, 1.82) is 0 Å². The second-order valence-electron chi connectivity index (χ2n) is 6.50. The fourth-order valence-electron chi connectivity index (χ4n) is 3.38. The molecular formula is C15H28N2O2. The van der Waals surface area contributed by atoms with E-state index in [1.54, 1.807) is 0 Å². The van der Waals surface area contributed by atoms with Crippen LogP contribution < -0.4 is 5.73 Å². The summed E-state index contributed by atoms with van der Waals surface area (Å²) in [7, 11) is 0. The molecule has 1 aliphatic carbocycles. The van der Waals surface area contributed by atoms with Crippen molar-refractivity contribution in [2.45, 2.75) is 58.0 Å². The summed E-state index contributed by atoms with van der Waals surface area (Å²) in [6.07, 6.45) is 5.04. The van der Waals surface area contributed by atoms with Crippen molar-refractivity contribution < 1.29 is 9.53 Å². The maximum Gasteiger partial charge on any atom is 0.223 e. The Hall–Kier alpha value is -0.610. The molecule has 2 fully saturated rings. The molecule has 0 aromatic rings. The molecular weight excluding hydrogens is 240 g/mol. The van der Waals surface area contributed by atoms with Crippen LogP contribution in [0.2, 0.25) is 0 Å². The molecule has 2 rings (SSSR count). The summed E-state index contributed by atoms with van der Waals surface area (Å²) in [6.45, 7) is 6.52. The third-order valence-corrected chi connectivity index (χ3v) is 4.45. The maximum atomic E-state index is 12.5. The summed E-state index contributed by atoms with van der Waals surface area (Å²) in [4.78, 5) is 14.6. The lowest BCUT2D eigenvalue weighted by Crippen LogP contribution is -2.50. The van der Waals surface area contributed by atoms with E-state index in [0.717, 1.165) is 25.8 Å². The lowest BCUT2D eigenvalue weighted by atomic mass is 9.97. The van der Waals surface area contributed by atoms with E-state index in [9.17, 15) is 4.79 Å². The molecule has 1 aliphatic heterocycles. The highest BCUT2D eigenvalue weighted by molar-refractivity contribution is 5.77. The van der Waals surface area contributed by atoms with Crippen LogP contribution >= 0.6 is 0 Å². The number of nitrogens with two attached hydrogens (primary N) is 1. The number of hydrogen-bond donors (Lipinski definition) is 1. The highest BCUT2D eigenvalue weighted by Gasteiger charge is 2.32. The monoisotopic (exact) mass is 268 g/mol. The third-order valence-electron chi connectivity index (χ3n) is 4.45. The third kappa shape index (κ3) is 3.93. The van der Waals surface area contributed by atoms with Crippen molar-refractivity contribution in [3.05, 3.63) is 0 Å². The molecule has 110 valence electrons. The Labute approximate surface area is 116 Å². The van der Waals surface area contributed by atoms with Crippen molar-refractivity contribution in [1.82, 2.24) is 4.90 Å². The molecule has 0 radical (unpaired) electrons. The number of amides is 1. The topological polar surface area (TPSA) is 55.6 Å². The number of carbonyl (C=O) groups is 1. The van der Waals surface area contributed by atoms with Crippen LogP contribution in [0.25, 0.3) is 0 Å². The van der Waals surface area contributed by atoms with Crippen molar-refractivity contribution >= 4 is 5.91 Å². The van der Waals surface area contributed by atoms with Gasteiger partial charge in [-0.3, -0.25) is 4.79 Å². The Bertz CT molecular complexity index is 307. The van der Waals surface area contributed by atoms with Crippen LogP contribution in [-0.4, -0.2) is 42.6 Å². The van der Waals surface area contributed by atoms with E-state index in [0.29, 0.717) is 31.5 Å². The van der Waals surface area contributed by atoms with Gasteiger partial charge in [-0.2, -0.15) is 0 Å². The lowest BCUT2D eigenvalue weighted by molar-refractivity contribution is -0.141. The second-order valence-corrected chi connectivity index (χ2v) is 6.50. The quantitative estimate of drug-likeness (QED) is 0.845. The highest BCUT2D eigenvalue weighted by atomic mass is 16.5. The summed E-state index contributed by atoms with van der Waals surface area (Å²) in [5.41, 5.74) is 6.08. The molecule has 1 saturated heterocycles. The zero-order valence-corrected chi connectivity index (χ0v) is 12.3. The molecule has 1 saturated carbocycles. The Balaban J connectivity index is 1.91. The zero-order chi connectivity index (χ0) is 13.8. The SMILES string of the molecule is CC(C)CC1COCCN1C(=O)C[C@@H]1CCC[C@H]1N. The first-order chi connectivity index (χ1) is 9.08. The number of ether oxygens (including phenoxy) is 1. The summed E-state index contributed by atoms with van der Waals surface area (Å²) < 4.78 is 5.54. The molecule has 1 unspecified atom stereocenters. The molecule has 1 amide bonds. The Morgan fingerprint density at radius 3 is 2.84 bits per heavy atom. The molecule has 2 aliphatic rings. The fraction of sp³-hybridized carbons (Fsp3) is 0.933. The predicted molar refractivity (Wildman–Crippen MR) is 75.7 cm³/mol. The van der Waals surface area contributed by atoms with Gasteiger partial charge < -0.3 is 15.4 Å². The summed E-state index contributed by atoms with van der Waals surface area (Å²) >= 11 is 0. The van der Waals surface area contributed by atoms with E-state index >= 15 is 0 Å². The van der Waals surface area contributed by atoms with Gasteiger partial charge in [0.05, 0.1) is 19.3 Å². The van der Waals surface area contributed by atoms with Crippen LogP contribution in [0.4, 0.5) is 0 Å². The van der Waals surface area contributed by atoms with Gasteiger partial charge >= 0.3 is 0 Å². The molecule has 0 bridgehead atoms. The number of carbonyl (C=O) groups excluding carboxylic acids is 1. The Kier molecular flexibility index (Phi) is 5.22. The molecule has 0 aromatic heterocycles. The van der Waals surface area contributed by atoms with Crippen molar-refractivity contribution in [2.75, 3.05) is 19.8 Å². The number of hydrogen-bond acceptors (Lipinski definition) is 3. The molecule has 2 N–H and O–H groups in total. The summed E-state index contributed by atoms with van der Waals surface area (Å²) in [5, 5.41) is 0. The van der Waals surface area contributed by atoms with E-state index < -0.39 is 0 Å². The average Bonchev–Trinajstić information content (AvgIpc) is 2.75. The highest BCUT2D eigenvalue weighted by Crippen LogP contribution is 2.28. The average molecular weight is 268 g/mol. The van der Waals surface area contributed by atoms with Crippen LogP contribution in [0.5, 0.6) is 0 Å². The van der Waals surface area contributed by atoms with Gasteiger partial charge in [-0.15, -0.1) is 0 Å². The van der Waals surface area contributed by atoms with Crippen LogP contribution in [0.15, 0.2) is 0 Å². The summed E-state index contributed by atoms with van der Waals surface area (Å²) in [5.74, 6) is 1.28. The molecule has 1 heterocycles. The van der Waals surface area contributed by atoms with Gasteiger partial charge in [-0.05, 0) is 31.1 Å². The zero-order valence-electron chi connectivity index (χ0n) is 12.3. The minimum Gasteiger partial charge on any atom is -0.377 e. The summed E-state index contributed by atoms with van der Waals surface area (Å²) in [6, 6.07) is 0.493. The Morgan fingerprint density at radius 2 is 2.21 bits per heavy atom. The van der Waals surface area contributed by atoms with Crippen LogP contribution in [-0.2, 0) is 9.53 Å². The van der Waals surface area contributed by atoms with Crippen LogP contribution in [0.1, 0.15) is 46.0 Å². The van der Waals surface area contributed by atoms with Gasteiger partial charge in [0.15, 0.2) is 0 Å². The molecule has 0 aromatic carbocycles. The van der Waals surface area contributed by atoms with Crippen LogP contribution in [0, 0.1) is 11.8 Å². The van der Waals surface area contributed by atoms with E-state index in [4.69, 9.17) is 10.5 Å². The van der Waals surface area contributed by atoms with E-state index in [1.807, 2.05) is 0 Å².